The molecule has 1 unspecified atom stereocenters. The maximum atomic E-state index is 13.1. The van der Waals surface area contributed by atoms with Crippen molar-refractivity contribution >= 4 is 23.1 Å². The van der Waals surface area contributed by atoms with E-state index in [2.05, 4.69) is 5.10 Å². The van der Waals surface area contributed by atoms with E-state index in [1.54, 1.807) is 23.8 Å². The topological polar surface area (TPSA) is 144 Å². The van der Waals surface area contributed by atoms with Gasteiger partial charge < -0.3 is 23.9 Å². The maximum Gasteiger partial charge on any atom is 0.340 e. The smallest absolute Gasteiger partial charge is 0.340 e. The first-order valence-electron chi connectivity index (χ1n) is 9.37. The van der Waals surface area contributed by atoms with E-state index < -0.39 is 12.1 Å². The highest BCUT2D eigenvalue weighted by Gasteiger charge is 2.34. The van der Waals surface area contributed by atoms with E-state index in [1.165, 1.54) is 10.8 Å². The van der Waals surface area contributed by atoms with Crippen molar-refractivity contribution in [2.45, 2.75) is 19.3 Å². The van der Waals surface area contributed by atoms with Gasteiger partial charge in [0.1, 0.15) is 6.61 Å². The Morgan fingerprint density at radius 3 is 2.77 bits per heavy atom. The molecule has 3 N–H and O–H groups in total. The van der Waals surface area contributed by atoms with Crippen LogP contribution in [0.4, 0.5) is 0 Å². The van der Waals surface area contributed by atoms with Crippen molar-refractivity contribution in [2.24, 2.45) is 5.10 Å². The number of carbonyl (C=O) groups is 1. The van der Waals surface area contributed by atoms with Crippen molar-refractivity contribution in [2.75, 3.05) is 6.79 Å². The maximum absolute atomic E-state index is 13.1. The van der Waals surface area contributed by atoms with Crippen LogP contribution in [0.25, 0.3) is 22.3 Å². The van der Waals surface area contributed by atoms with E-state index in [-0.39, 0.29) is 36.6 Å². The van der Waals surface area contributed by atoms with Gasteiger partial charge in [0.25, 0.3) is 5.56 Å². The van der Waals surface area contributed by atoms with Crippen LogP contribution < -0.4 is 20.6 Å². The van der Waals surface area contributed by atoms with Crippen LogP contribution in [0.2, 0.25) is 0 Å². The summed E-state index contributed by atoms with van der Waals surface area (Å²) in [7, 11) is 0. The lowest BCUT2D eigenvalue weighted by atomic mass is 9.99. The minimum Gasteiger partial charge on any atom is -0.458 e. The molecule has 0 saturated heterocycles. The van der Waals surface area contributed by atoms with Crippen molar-refractivity contribution in [3.63, 3.8) is 0 Å². The summed E-state index contributed by atoms with van der Waals surface area (Å²) < 4.78 is 17.4. The number of rotatable bonds is 2. The molecule has 0 radical (unpaired) electrons. The molecule has 1 atom stereocenters. The number of benzene rings is 1. The number of carbonyl (C=O) groups excluding carboxylic acids is 1. The number of aliphatic hydroxyl groups is 1. The lowest BCUT2D eigenvalue weighted by molar-refractivity contribution is -0.157. The average Bonchev–Trinajstić information content (AvgIpc) is 3.37. The molecule has 6 rings (SSSR count). The van der Waals surface area contributed by atoms with Gasteiger partial charge >= 0.3 is 5.97 Å². The number of hydrogen-bond acceptors (Lipinski definition) is 10. The second kappa shape index (κ2) is 6.27. The van der Waals surface area contributed by atoms with Gasteiger partial charge in [-0.05, 0) is 12.1 Å². The largest absolute Gasteiger partial charge is 0.458 e. The summed E-state index contributed by atoms with van der Waals surface area (Å²) in [6, 6.07) is 5.11. The number of aliphatic hydroxyl groups excluding tert-OH is 1. The van der Waals surface area contributed by atoms with Gasteiger partial charge in [-0.15, -0.1) is 0 Å². The molecule has 2 aromatic heterocycles. The third-order valence-corrected chi connectivity index (χ3v) is 5.75. The molecular weight excluding hydrogens is 408 g/mol. The van der Waals surface area contributed by atoms with Crippen molar-refractivity contribution in [3.05, 3.63) is 50.8 Å². The normalized spacial score (nSPS) is 18.1. The Balaban J connectivity index is 1.65. The van der Waals surface area contributed by atoms with Crippen LogP contribution in [-0.4, -0.2) is 38.8 Å². The summed E-state index contributed by atoms with van der Waals surface area (Å²) >= 11 is 0. The van der Waals surface area contributed by atoms with E-state index in [9.17, 15) is 14.7 Å². The summed E-state index contributed by atoms with van der Waals surface area (Å²) in [6.45, 7) is 0.108. The quantitative estimate of drug-likeness (QED) is 0.240. The lowest BCUT2D eigenvalue weighted by Gasteiger charge is -2.21. The van der Waals surface area contributed by atoms with Crippen molar-refractivity contribution < 1.29 is 29.3 Å². The lowest BCUT2D eigenvalue weighted by Crippen LogP contribution is -2.32. The number of fused-ring (bicyclic) bond motifs is 6. The number of cyclic esters (lactones) is 1. The Kier molecular flexibility index (Phi) is 3.61. The Hall–Kier alpha value is -3.96. The predicted molar refractivity (Wildman–Crippen MR) is 104 cm³/mol. The minimum absolute atomic E-state index is 0.103. The molecule has 3 aliphatic rings. The van der Waals surface area contributed by atoms with E-state index >= 15 is 0 Å². The monoisotopic (exact) mass is 422 g/mol. The fourth-order valence-electron chi connectivity index (χ4n) is 4.29. The summed E-state index contributed by atoms with van der Waals surface area (Å²) in [5.41, 5.74) is 4.73. The molecule has 0 spiro atoms. The van der Waals surface area contributed by atoms with Gasteiger partial charge in [-0.3, -0.25) is 10.0 Å². The molecule has 0 bridgehead atoms. The summed E-state index contributed by atoms with van der Waals surface area (Å²) in [5, 5.41) is 23.7. The summed E-state index contributed by atoms with van der Waals surface area (Å²) in [6.07, 6.45) is -0.0936. The molecule has 11 heteroatoms. The third-order valence-electron chi connectivity index (χ3n) is 5.75. The number of pyridine rings is 2. The van der Waals surface area contributed by atoms with E-state index in [0.29, 0.717) is 44.9 Å². The summed E-state index contributed by atoms with van der Waals surface area (Å²) in [4.78, 5) is 29.7. The molecule has 1 aromatic carbocycles. The van der Waals surface area contributed by atoms with Crippen molar-refractivity contribution in [3.8, 4) is 22.9 Å². The highest BCUT2D eigenvalue weighted by molar-refractivity contribution is 6.03. The van der Waals surface area contributed by atoms with E-state index in [0.717, 1.165) is 0 Å². The van der Waals surface area contributed by atoms with Gasteiger partial charge in [0.2, 0.25) is 6.79 Å². The number of ether oxygens (including phenoxy) is 3. The number of nitrogens with one attached hydrogen (secondary N) is 1. The van der Waals surface area contributed by atoms with E-state index in [4.69, 9.17) is 24.4 Å². The number of hydrogen-bond donors (Lipinski definition) is 3. The second-order valence-corrected chi connectivity index (χ2v) is 7.30. The molecule has 3 aromatic rings. The molecule has 0 aliphatic carbocycles. The molecule has 0 fully saturated rings. The van der Waals surface area contributed by atoms with Crippen LogP contribution in [0.3, 0.4) is 0 Å². The van der Waals surface area contributed by atoms with E-state index in [1.807, 2.05) is 0 Å². The number of nitrogens with zero attached hydrogens (tertiary/aromatic N) is 3. The third kappa shape index (κ3) is 2.41. The van der Waals surface area contributed by atoms with Gasteiger partial charge in [0, 0.05) is 28.1 Å². The zero-order chi connectivity index (χ0) is 21.3. The standard InChI is InChI=1S/C20H14N4O7/c25-18-9-1-14-17-11(5-24(14)19(26)12(9)6-29-20(18)27)10(4-21-23-28)8-2-15-16(31-7-30-15)3-13(8)22-17/h1-4,18,23,25,28H,5-7H2/b21-4+. The zero-order valence-corrected chi connectivity index (χ0v) is 15.8. The second-order valence-electron chi connectivity index (χ2n) is 7.30. The van der Waals surface area contributed by atoms with Crippen molar-refractivity contribution in [1.82, 2.24) is 15.1 Å². The molecule has 0 amide bonds. The van der Waals surface area contributed by atoms with Gasteiger partial charge in [0.05, 0.1) is 35.2 Å². The number of esters is 1. The molecule has 0 saturated carbocycles. The average molecular weight is 422 g/mol. The molecule has 11 nitrogen and oxygen atoms in total. The highest BCUT2D eigenvalue weighted by Crippen LogP contribution is 2.41. The van der Waals surface area contributed by atoms with Crippen molar-refractivity contribution in [1.29, 1.82) is 0 Å². The number of hydrazone groups is 1. The fraction of sp³-hybridized carbons (Fsp3) is 0.200. The van der Waals surface area contributed by atoms with Crippen LogP contribution in [0, 0.1) is 0 Å². The molecule has 5 heterocycles. The Morgan fingerprint density at radius 1 is 1.16 bits per heavy atom. The molecule has 156 valence electrons. The summed E-state index contributed by atoms with van der Waals surface area (Å²) in [5.74, 6) is 0.306. The highest BCUT2D eigenvalue weighted by atomic mass is 16.7. The first-order chi connectivity index (χ1) is 15.1. The number of aromatic nitrogens is 2. The van der Waals surface area contributed by atoms with Gasteiger partial charge in [0.15, 0.2) is 17.6 Å². The van der Waals surface area contributed by atoms with Gasteiger partial charge in [-0.2, -0.15) is 10.7 Å². The molecular formula is C20H14N4O7. The predicted octanol–water partition coefficient (Wildman–Crippen LogP) is 0.557. The SMILES string of the molecule is O=C1OCc2c(cc3n(c2=O)Cc2c-3nc3cc4c(cc3c2/C=N/NO)OCO4)C1O. The Bertz CT molecular complexity index is 1400. The first kappa shape index (κ1) is 17.9. The van der Waals surface area contributed by atoms with Crippen LogP contribution >= 0.6 is 0 Å². The Morgan fingerprint density at radius 2 is 1.97 bits per heavy atom. The Labute approximate surface area is 173 Å². The van der Waals surface area contributed by atoms with Crippen LogP contribution in [0.15, 0.2) is 28.1 Å². The van der Waals surface area contributed by atoms with Gasteiger partial charge in [-0.1, -0.05) is 0 Å². The molecule has 3 aliphatic heterocycles. The van der Waals surface area contributed by atoms with Crippen LogP contribution in [0.5, 0.6) is 11.5 Å². The van der Waals surface area contributed by atoms with Gasteiger partial charge in [-0.25, -0.2) is 9.78 Å². The van der Waals surface area contributed by atoms with Crippen LogP contribution in [0.1, 0.15) is 28.4 Å². The fourth-order valence-corrected chi connectivity index (χ4v) is 4.29. The minimum atomic E-state index is -1.53. The molecule has 31 heavy (non-hydrogen) atoms. The first-order valence-corrected chi connectivity index (χ1v) is 9.37. The van der Waals surface area contributed by atoms with Crippen LogP contribution in [-0.2, 0) is 22.7 Å². The zero-order valence-electron chi connectivity index (χ0n) is 15.8.